The highest BCUT2D eigenvalue weighted by Gasteiger charge is 2.38. The Kier molecular flexibility index (Phi) is 5.77. The van der Waals surface area contributed by atoms with Crippen LogP contribution >= 0.6 is 0 Å². The number of nitrogens with zero attached hydrogens (tertiary/aromatic N) is 4. The smallest absolute Gasteiger partial charge is 0.261 e. The number of benzene rings is 1. The fourth-order valence-corrected chi connectivity index (χ4v) is 4.85. The van der Waals surface area contributed by atoms with E-state index in [-0.39, 0.29) is 16.9 Å². The molecule has 2 aromatic heterocycles. The van der Waals surface area contributed by atoms with E-state index >= 15 is 0 Å². The van der Waals surface area contributed by atoms with E-state index in [2.05, 4.69) is 21.5 Å². The number of sulfonamides is 1. The van der Waals surface area contributed by atoms with E-state index in [9.17, 15) is 18.5 Å². The first-order chi connectivity index (χ1) is 15.3. The molecule has 1 aromatic carbocycles. The van der Waals surface area contributed by atoms with Crippen molar-refractivity contribution in [2.75, 3.05) is 32.6 Å². The summed E-state index contributed by atoms with van der Waals surface area (Å²) in [6.07, 6.45) is 3.25. The van der Waals surface area contributed by atoms with E-state index in [1.54, 1.807) is 29.1 Å². The van der Waals surface area contributed by atoms with Crippen molar-refractivity contribution in [3.63, 3.8) is 0 Å². The van der Waals surface area contributed by atoms with Gasteiger partial charge in [0.1, 0.15) is 5.39 Å². The Hall–Kier alpha value is -3.20. The number of H-pyrrole nitrogens is 1. The van der Waals surface area contributed by atoms with Crippen LogP contribution in [0.25, 0.3) is 10.9 Å². The van der Waals surface area contributed by atoms with Crippen LogP contribution in [0.4, 0.5) is 11.5 Å². The number of nitriles is 1. The second-order valence-electron chi connectivity index (χ2n) is 7.98. The lowest BCUT2D eigenvalue weighted by Crippen LogP contribution is -2.42. The lowest BCUT2D eigenvalue weighted by Gasteiger charge is -2.35. The van der Waals surface area contributed by atoms with Gasteiger partial charge in [0, 0.05) is 32.6 Å². The predicted octanol–water partition coefficient (Wildman–Crippen LogP) is 2.14. The van der Waals surface area contributed by atoms with Gasteiger partial charge in [-0.2, -0.15) is 10.4 Å². The Morgan fingerprint density at radius 3 is 2.69 bits per heavy atom. The third-order valence-electron chi connectivity index (χ3n) is 5.66. The summed E-state index contributed by atoms with van der Waals surface area (Å²) >= 11 is 0. The van der Waals surface area contributed by atoms with Gasteiger partial charge in [0.2, 0.25) is 10.0 Å². The number of fused-ring (bicyclic) bond motifs is 1. The summed E-state index contributed by atoms with van der Waals surface area (Å²) in [6.45, 7) is 0.959. The van der Waals surface area contributed by atoms with Crippen LogP contribution in [-0.2, 0) is 20.3 Å². The Morgan fingerprint density at radius 2 is 2.06 bits per heavy atom. The van der Waals surface area contributed by atoms with Gasteiger partial charge in [-0.1, -0.05) is 0 Å². The van der Waals surface area contributed by atoms with Gasteiger partial charge in [-0.05, 0) is 43.2 Å². The summed E-state index contributed by atoms with van der Waals surface area (Å²) in [7, 11) is -0.605. The fraction of sp³-hybridized carbons (Fsp3) is 0.381. The summed E-state index contributed by atoms with van der Waals surface area (Å²) in [5.74, 6) is 0.327. The molecule has 32 heavy (non-hydrogen) atoms. The molecule has 11 heteroatoms. The number of rotatable bonds is 6. The molecule has 0 aliphatic carbocycles. The highest BCUT2D eigenvalue weighted by Crippen LogP contribution is 2.35. The Bertz CT molecular complexity index is 1330. The molecule has 0 radical (unpaired) electrons. The van der Waals surface area contributed by atoms with Crippen molar-refractivity contribution < 1.29 is 13.2 Å². The van der Waals surface area contributed by atoms with Crippen LogP contribution < -0.4 is 10.9 Å². The molecule has 4 rings (SSSR count). The van der Waals surface area contributed by atoms with Crippen LogP contribution in [0, 0.1) is 11.3 Å². The summed E-state index contributed by atoms with van der Waals surface area (Å²) in [6, 6.07) is 10.2. The molecule has 168 valence electrons. The van der Waals surface area contributed by atoms with Crippen molar-refractivity contribution >= 4 is 32.4 Å². The topological polar surface area (TPSA) is 133 Å². The van der Waals surface area contributed by atoms with Crippen molar-refractivity contribution in [2.24, 2.45) is 0 Å². The average Bonchev–Trinajstić information content (AvgIpc) is 3.15. The number of anilines is 2. The molecule has 1 aliphatic heterocycles. The summed E-state index contributed by atoms with van der Waals surface area (Å²) in [5.41, 5.74) is 0.199. The predicted molar refractivity (Wildman–Crippen MR) is 119 cm³/mol. The summed E-state index contributed by atoms with van der Waals surface area (Å²) < 4.78 is 33.2. The zero-order valence-electron chi connectivity index (χ0n) is 17.8. The van der Waals surface area contributed by atoms with E-state index in [0.717, 1.165) is 10.7 Å². The second-order valence-corrected chi connectivity index (χ2v) is 10.1. The maximum atomic E-state index is 12.7. The van der Waals surface area contributed by atoms with Gasteiger partial charge in [0.15, 0.2) is 5.82 Å². The van der Waals surface area contributed by atoms with Gasteiger partial charge in [-0.3, -0.25) is 9.48 Å². The van der Waals surface area contributed by atoms with Crippen LogP contribution in [0.15, 0.2) is 46.2 Å². The molecule has 0 bridgehead atoms. The largest absolute Gasteiger partial charge is 0.379 e. The molecule has 0 amide bonds. The summed E-state index contributed by atoms with van der Waals surface area (Å²) in [4.78, 5) is 15.5. The van der Waals surface area contributed by atoms with Gasteiger partial charge in [-0.15, -0.1) is 0 Å². The van der Waals surface area contributed by atoms with Crippen molar-refractivity contribution in [2.45, 2.75) is 29.7 Å². The first kappa shape index (κ1) is 22.0. The quantitative estimate of drug-likeness (QED) is 0.580. The average molecular weight is 457 g/mol. The highest BCUT2D eigenvalue weighted by molar-refractivity contribution is 7.89. The minimum atomic E-state index is -3.55. The maximum absolute atomic E-state index is 12.7. The van der Waals surface area contributed by atoms with Gasteiger partial charge < -0.3 is 15.0 Å². The molecule has 2 N–H and O–H groups in total. The lowest BCUT2D eigenvalue weighted by atomic mass is 9.89. The lowest BCUT2D eigenvalue weighted by molar-refractivity contribution is -0.00174. The number of hydrogen-bond donors (Lipinski definition) is 2. The number of pyridine rings is 1. The molecule has 1 fully saturated rings. The van der Waals surface area contributed by atoms with Gasteiger partial charge >= 0.3 is 0 Å². The number of aromatic amines is 1. The van der Waals surface area contributed by atoms with Crippen LogP contribution in [0.1, 0.15) is 19.3 Å². The number of ether oxygens (including phenoxy) is 1. The van der Waals surface area contributed by atoms with E-state index in [1.807, 2.05) is 0 Å². The first-order valence-corrected chi connectivity index (χ1v) is 11.6. The fourth-order valence-electron chi connectivity index (χ4n) is 3.95. The van der Waals surface area contributed by atoms with Gasteiger partial charge in [0.25, 0.3) is 5.56 Å². The van der Waals surface area contributed by atoms with E-state index in [0.29, 0.717) is 42.0 Å². The monoisotopic (exact) mass is 456 g/mol. The molecule has 1 saturated heterocycles. The highest BCUT2D eigenvalue weighted by atomic mass is 32.2. The molecule has 10 nitrogen and oxygen atoms in total. The molecule has 0 unspecified atom stereocenters. The number of hydrogen-bond acceptors (Lipinski definition) is 7. The van der Waals surface area contributed by atoms with Crippen LogP contribution in [-0.4, -0.2) is 54.8 Å². The summed E-state index contributed by atoms with van der Waals surface area (Å²) in [5, 5.41) is 17.6. The third-order valence-corrected chi connectivity index (χ3v) is 7.49. The molecular weight excluding hydrogens is 432 g/mol. The second kappa shape index (κ2) is 8.38. The molecule has 1 aliphatic rings. The van der Waals surface area contributed by atoms with Crippen molar-refractivity contribution in [1.82, 2.24) is 19.1 Å². The minimum Gasteiger partial charge on any atom is -0.379 e. The molecule has 3 heterocycles. The standard InChI is InChI=1S/C21H24N6O4S/c1-26(2)32(29,30)16-6-4-15(5-7-16)24-19-18-17(8-12-23-20(18)28)27(25-19)21(10-11-22)9-3-13-31-14-21/h4-8,12H,3,9-10,13-14H2,1-2H3,(H,23,28)(H,24,25)/t21-/m1/s1. The van der Waals surface area contributed by atoms with Gasteiger partial charge in [0.05, 0.1) is 35.0 Å². The zero-order valence-corrected chi connectivity index (χ0v) is 18.6. The number of nitrogens with one attached hydrogen (secondary N) is 2. The Balaban J connectivity index is 1.78. The molecule has 0 spiro atoms. The Morgan fingerprint density at radius 1 is 1.31 bits per heavy atom. The van der Waals surface area contributed by atoms with Crippen LogP contribution in [0.5, 0.6) is 0 Å². The van der Waals surface area contributed by atoms with Crippen molar-refractivity contribution in [3.8, 4) is 6.07 Å². The zero-order chi connectivity index (χ0) is 22.9. The van der Waals surface area contributed by atoms with E-state index in [4.69, 9.17) is 4.74 Å². The molecule has 1 atom stereocenters. The van der Waals surface area contributed by atoms with Crippen LogP contribution in [0.2, 0.25) is 0 Å². The number of aromatic nitrogens is 3. The van der Waals surface area contributed by atoms with E-state index in [1.165, 1.54) is 26.2 Å². The molecule has 3 aromatic rings. The van der Waals surface area contributed by atoms with Crippen LogP contribution in [0.3, 0.4) is 0 Å². The van der Waals surface area contributed by atoms with Crippen molar-refractivity contribution in [1.29, 1.82) is 5.26 Å². The SMILES string of the molecule is CN(C)S(=O)(=O)c1ccc(Nc2nn([C@@]3(CC#N)CCCOC3)c3cc[nH]c(=O)c23)cc1. The molecule has 0 saturated carbocycles. The Labute approximate surface area is 185 Å². The van der Waals surface area contributed by atoms with Gasteiger partial charge in [-0.25, -0.2) is 12.7 Å². The molecular formula is C21H24N6O4S. The van der Waals surface area contributed by atoms with E-state index < -0.39 is 15.6 Å². The minimum absolute atomic E-state index is 0.161. The normalized spacial score (nSPS) is 19.2. The first-order valence-electron chi connectivity index (χ1n) is 10.1. The maximum Gasteiger partial charge on any atom is 0.261 e. The van der Waals surface area contributed by atoms with Crippen molar-refractivity contribution in [3.05, 3.63) is 46.9 Å². The third kappa shape index (κ3) is 3.77.